The maximum absolute atomic E-state index is 5.89. The number of hydrogen-bond donors (Lipinski definition) is 1. The molecule has 15 heavy (non-hydrogen) atoms. The first-order chi connectivity index (χ1) is 7.11. The topological polar surface area (TPSA) is 15.3 Å². The predicted octanol–water partition coefficient (Wildman–Crippen LogP) is 2.69. The van der Waals surface area contributed by atoms with Crippen molar-refractivity contribution in [3.63, 3.8) is 0 Å². The smallest absolute Gasteiger partial charge is 0.0931 e. The number of nitrogens with zero attached hydrogens (tertiary/aromatic N) is 1. The van der Waals surface area contributed by atoms with Crippen molar-refractivity contribution in [1.29, 1.82) is 0 Å². The van der Waals surface area contributed by atoms with Crippen LogP contribution in [0.3, 0.4) is 0 Å². The molecule has 1 aromatic heterocycles. The number of nitrogens with one attached hydrogen (secondary N) is 1. The molecule has 0 aliphatic heterocycles. The van der Waals surface area contributed by atoms with Crippen molar-refractivity contribution in [2.75, 3.05) is 27.2 Å². The van der Waals surface area contributed by atoms with Crippen molar-refractivity contribution >= 4 is 22.9 Å². The molecule has 0 saturated heterocycles. The number of halogens is 1. The summed E-state index contributed by atoms with van der Waals surface area (Å²) >= 11 is 7.55. The Labute approximate surface area is 101 Å². The van der Waals surface area contributed by atoms with E-state index in [1.165, 1.54) is 4.88 Å². The van der Waals surface area contributed by atoms with E-state index in [9.17, 15) is 0 Å². The van der Waals surface area contributed by atoms with Crippen molar-refractivity contribution in [3.8, 4) is 0 Å². The third-order valence-electron chi connectivity index (χ3n) is 2.23. The van der Waals surface area contributed by atoms with Gasteiger partial charge in [0.2, 0.25) is 0 Å². The Morgan fingerprint density at radius 1 is 1.53 bits per heavy atom. The van der Waals surface area contributed by atoms with E-state index < -0.39 is 0 Å². The second-order valence-electron chi connectivity index (χ2n) is 4.07. The van der Waals surface area contributed by atoms with E-state index in [4.69, 9.17) is 11.6 Å². The van der Waals surface area contributed by atoms with Crippen LogP contribution in [0.5, 0.6) is 0 Å². The first-order valence-corrected chi connectivity index (χ1v) is 6.38. The Balaban J connectivity index is 2.32. The molecule has 1 atom stereocenters. The zero-order valence-corrected chi connectivity index (χ0v) is 11.2. The number of rotatable bonds is 6. The lowest BCUT2D eigenvalue weighted by Crippen LogP contribution is -2.29. The number of thiophene rings is 1. The molecule has 1 rings (SSSR count). The minimum atomic E-state index is 0.676. The molecule has 0 aromatic carbocycles. The molecule has 4 heteroatoms. The fourth-order valence-corrected chi connectivity index (χ4v) is 2.88. The Morgan fingerprint density at radius 2 is 2.27 bits per heavy atom. The molecule has 86 valence electrons. The minimum absolute atomic E-state index is 0.676. The first-order valence-electron chi connectivity index (χ1n) is 5.19. The van der Waals surface area contributed by atoms with Crippen LogP contribution in [-0.4, -0.2) is 32.1 Å². The van der Waals surface area contributed by atoms with Crippen LogP contribution in [0.4, 0.5) is 0 Å². The second-order valence-corrected chi connectivity index (χ2v) is 5.87. The lowest BCUT2D eigenvalue weighted by molar-refractivity contribution is 0.278. The van der Waals surface area contributed by atoms with Gasteiger partial charge in [0.05, 0.1) is 4.34 Å². The molecule has 0 amide bonds. The molecule has 1 aromatic rings. The summed E-state index contributed by atoms with van der Waals surface area (Å²) in [5, 5.41) is 3.20. The molecule has 2 nitrogen and oxygen atoms in total. The van der Waals surface area contributed by atoms with Gasteiger partial charge in [0, 0.05) is 18.0 Å². The molecule has 0 bridgehead atoms. The van der Waals surface area contributed by atoms with Crippen LogP contribution >= 0.6 is 22.9 Å². The van der Waals surface area contributed by atoms with E-state index in [1.54, 1.807) is 11.3 Å². The molecule has 0 spiro atoms. The van der Waals surface area contributed by atoms with E-state index in [0.29, 0.717) is 5.92 Å². The van der Waals surface area contributed by atoms with E-state index in [2.05, 4.69) is 30.3 Å². The Hall–Kier alpha value is -0.0900. The molecule has 0 saturated carbocycles. The van der Waals surface area contributed by atoms with Gasteiger partial charge in [-0.05, 0) is 38.7 Å². The van der Waals surface area contributed by atoms with Gasteiger partial charge in [0.1, 0.15) is 0 Å². The lowest BCUT2D eigenvalue weighted by atomic mass is 10.1. The van der Waals surface area contributed by atoms with Crippen LogP contribution in [0.2, 0.25) is 4.34 Å². The van der Waals surface area contributed by atoms with Gasteiger partial charge in [-0.3, -0.25) is 0 Å². The average molecular weight is 247 g/mol. The fourth-order valence-electron chi connectivity index (χ4n) is 1.71. The van der Waals surface area contributed by atoms with E-state index in [0.717, 1.165) is 24.0 Å². The summed E-state index contributed by atoms with van der Waals surface area (Å²) in [5.74, 6) is 0.676. The average Bonchev–Trinajstić information content (AvgIpc) is 2.51. The highest BCUT2D eigenvalue weighted by molar-refractivity contribution is 7.16. The first kappa shape index (κ1) is 13.0. The summed E-state index contributed by atoms with van der Waals surface area (Å²) in [4.78, 5) is 3.67. The molecular formula is C11H19ClN2S. The maximum Gasteiger partial charge on any atom is 0.0931 e. The SMILES string of the molecule is CNCC(C)CN(C)Cc1ccc(Cl)s1. The second kappa shape index (κ2) is 6.48. The van der Waals surface area contributed by atoms with E-state index in [1.807, 2.05) is 13.1 Å². The van der Waals surface area contributed by atoms with Crippen LogP contribution in [0, 0.1) is 5.92 Å². The maximum atomic E-state index is 5.89. The molecule has 1 heterocycles. The standard InChI is InChI=1S/C11H19ClN2S/c1-9(6-13-2)7-14(3)8-10-4-5-11(12)15-10/h4-5,9,13H,6-8H2,1-3H3. The normalized spacial score (nSPS) is 13.4. The molecule has 0 aliphatic rings. The van der Waals surface area contributed by atoms with Crippen molar-refractivity contribution in [3.05, 3.63) is 21.3 Å². The van der Waals surface area contributed by atoms with Gasteiger partial charge in [-0.25, -0.2) is 0 Å². The quantitative estimate of drug-likeness (QED) is 0.831. The molecular weight excluding hydrogens is 228 g/mol. The van der Waals surface area contributed by atoms with E-state index in [-0.39, 0.29) is 0 Å². The molecule has 0 fully saturated rings. The van der Waals surface area contributed by atoms with Gasteiger partial charge < -0.3 is 10.2 Å². The third kappa shape index (κ3) is 4.98. The van der Waals surface area contributed by atoms with Crippen LogP contribution in [0.1, 0.15) is 11.8 Å². The Bertz CT molecular complexity index is 288. The predicted molar refractivity (Wildman–Crippen MR) is 68.8 cm³/mol. The lowest BCUT2D eigenvalue weighted by Gasteiger charge is -2.20. The summed E-state index contributed by atoms with van der Waals surface area (Å²) in [6.07, 6.45) is 0. The van der Waals surface area contributed by atoms with E-state index >= 15 is 0 Å². The highest BCUT2D eigenvalue weighted by Gasteiger charge is 2.07. The monoisotopic (exact) mass is 246 g/mol. The van der Waals surface area contributed by atoms with Crippen LogP contribution in [0.15, 0.2) is 12.1 Å². The van der Waals surface area contributed by atoms with Gasteiger partial charge in [-0.15, -0.1) is 11.3 Å². The van der Waals surface area contributed by atoms with Crippen molar-refractivity contribution in [2.24, 2.45) is 5.92 Å². The Morgan fingerprint density at radius 3 is 2.80 bits per heavy atom. The van der Waals surface area contributed by atoms with Gasteiger partial charge in [0.15, 0.2) is 0 Å². The Kier molecular flexibility index (Phi) is 5.61. The summed E-state index contributed by atoms with van der Waals surface area (Å²) in [6.45, 7) is 5.42. The van der Waals surface area contributed by atoms with Gasteiger partial charge in [-0.2, -0.15) is 0 Å². The molecule has 0 radical (unpaired) electrons. The largest absolute Gasteiger partial charge is 0.319 e. The summed E-state index contributed by atoms with van der Waals surface area (Å²) in [7, 11) is 4.15. The zero-order chi connectivity index (χ0) is 11.3. The molecule has 1 N–H and O–H groups in total. The summed E-state index contributed by atoms with van der Waals surface area (Å²) in [5.41, 5.74) is 0. The summed E-state index contributed by atoms with van der Waals surface area (Å²) in [6, 6.07) is 4.07. The number of hydrogen-bond acceptors (Lipinski definition) is 3. The molecule has 1 unspecified atom stereocenters. The van der Waals surface area contributed by atoms with Crippen molar-refractivity contribution in [1.82, 2.24) is 10.2 Å². The highest BCUT2D eigenvalue weighted by Crippen LogP contribution is 2.22. The third-order valence-corrected chi connectivity index (χ3v) is 3.45. The van der Waals surface area contributed by atoms with Crippen LogP contribution < -0.4 is 5.32 Å². The molecule has 0 aliphatic carbocycles. The van der Waals surface area contributed by atoms with Gasteiger partial charge in [0.25, 0.3) is 0 Å². The van der Waals surface area contributed by atoms with Crippen LogP contribution in [-0.2, 0) is 6.54 Å². The minimum Gasteiger partial charge on any atom is -0.319 e. The summed E-state index contributed by atoms with van der Waals surface area (Å²) < 4.78 is 0.877. The van der Waals surface area contributed by atoms with Crippen LogP contribution in [0.25, 0.3) is 0 Å². The van der Waals surface area contributed by atoms with Crippen molar-refractivity contribution < 1.29 is 0 Å². The van der Waals surface area contributed by atoms with Gasteiger partial charge in [-0.1, -0.05) is 18.5 Å². The zero-order valence-electron chi connectivity index (χ0n) is 9.59. The highest BCUT2D eigenvalue weighted by atomic mass is 35.5. The fraction of sp³-hybridized carbons (Fsp3) is 0.636. The van der Waals surface area contributed by atoms with Gasteiger partial charge >= 0.3 is 0 Å². The van der Waals surface area contributed by atoms with Crippen molar-refractivity contribution in [2.45, 2.75) is 13.5 Å².